The number of rotatable bonds is 4. The van der Waals surface area contributed by atoms with Crippen LogP contribution in [0.3, 0.4) is 0 Å². The number of amides is 4. The van der Waals surface area contributed by atoms with Crippen LogP contribution < -0.4 is 5.32 Å². The summed E-state index contributed by atoms with van der Waals surface area (Å²) in [6.45, 7) is 0. The number of carbonyl (C=O) groups excluding carboxylic acids is 3. The third kappa shape index (κ3) is 3.59. The predicted octanol–water partition coefficient (Wildman–Crippen LogP) is 3.91. The number of hydrogen-bond donors (Lipinski definition) is 1. The van der Waals surface area contributed by atoms with Crippen LogP contribution >= 0.6 is 11.6 Å². The van der Waals surface area contributed by atoms with E-state index in [0.29, 0.717) is 12.8 Å². The van der Waals surface area contributed by atoms with E-state index in [0.717, 1.165) is 17.7 Å². The van der Waals surface area contributed by atoms with Gasteiger partial charge >= 0.3 is 6.03 Å². The normalized spacial score (nSPS) is 18.9. The van der Waals surface area contributed by atoms with E-state index in [1.807, 2.05) is 0 Å². The van der Waals surface area contributed by atoms with Crippen molar-refractivity contribution in [2.45, 2.75) is 31.7 Å². The zero-order valence-electron chi connectivity index (χ0n) is 15.6. The van der Waals surface area contributed by atoms with Crippen LogP contribution in [0.5, 0.6) is 0 Å². The Labute approximate surface area is 175 Å². The van der Waals surface area contributed by atoms with Crippen LogP contribution in [0.15, 0.2) is 40.3 Å². The number of nitrogens with zero attached hydrogens (tertiary/aromatic N) is 2. The van der Waals surface area contributed by atoms with E-state index in [-0.39, 0.29) is 39.4 Å². The van der Waals surface area contributed by atoms with Crippen molar-refractivity contribution in [2.24, 2.45) is 0 Å². The molecule has 30 heavy (non-hydrogen) atoms. The van der Waals surface area contributed by atoms with Gasteiger partial charge in [-0.15, -0.1) is 0 Å². The van der Waals surface area contributed by atoms with Crippen molar-refractivity contribution in [3.63, 3.8) is 0 Å². The summed E-state index contributed by atoms with van der Waals surface area (Å²) in [6, 6.07) is 6.18. The first kappa shape index (κ1) is 19.8. The molecule has 2 heterocycles. The highest BCUT2D eigenvalue weighted by molar-refractivity contribution is 6.31. The smallest absolute Gasteiger partial charge is 0.331 e. The minimum Gasteiger partial charge on any atom is -0.456 e. The van der Waals surface area contributed by atoms with Gasteiger partial charge in [-0.2, -0.15) is 0 Å². The number of nitrogens with one attached hydrogen (secondary N) is 1. The number of nitro groups is 1. The SMILES string of the molecule is O=C1NC(=O)N(C2CCCC2)C(=O)/C1=C\c1ccc(-c2ccc(Cl)cc2[N+](=O)[O-])o1. The molecule has 1 saturated carbocycles. The Morgan fingerprint density at radius 2 is 1.90 bits per heavy atom. The third-order valence-corrected chi connectivity index (χ3v) is 5.39. The second-order valence-corrected chi connectivity index (χ2v) is 7.49. The lowest BCUT2D eigenvalue weighted by Gasteiger charge is -2.30. The van der Waals surface area contributed by atoms with Crippen molar-refractivity contribution in [3.05, 3.63) is 56.8 Å². The maximum atomic E-state index is 12.8. The first-order valence-corrected chi connectivity index (χ1v) is 9.67. The van der Waals surface area contributed by atoms with Crippen molar-refractivity contribution < 1.29 is 23.7 Å². The Kier molecular flexibility index (Phi) is 5.13. The van der Waals surface area contributed by atoms with Crippen molar-refractivity contribution in [2.75, 3.05) is 0 Å². The van der Waals surface area contributed by atoms with E-state index in [1.54, 1.807) is 0 Å². The lowest BCUT2D eigenvalue weighted by Crippen LogP contribution is -2.57. The highest BCUT2D eigenvalue weighted by Crippen LogP contribution is 2.34. The Bertz CT molecular complexity index is 1100. The Morgan fingerprint density at radius 1 is 1.17 bits per heavy atom. The summed E-state index contributed by atoms with van der Waals surface area (Å²) >= 11 is 5.84. The summed E-state index contributed by atoms with van der Waals surface area (Å²) in [5.74, 6) is -1.16. The van der Waals surface area contributed by atoms with Crippen molar-refractivity contribution in [1.29, 1.82) is 0 Å². The van der Waals surface area contributed by atoms with Gasteiger partial charge in [0.1, 0.15) is 17.1 Å². The van der Waals surface area contributed by atoms with Gasteiger partial charge in [0.2, 0.25) is 0 Å². The Balaban J connectivity index is 1.67. The second-order valence-electron chi connectivity index (χ2n) is 7.05. The minimum absolute atomic E-state index is 0.147. The van der Waals surface area contributed by atoms with Gasteiger partial charge in [0, 0.05) is 17.1 Å². The molecule has 2 fully saturated rings. The number of halogens is 1. The molecule has 0 radical (unpaired) electrons. The van der Waals surface area contributed by atoms with Gasteiger partial charge in [-0.3, -0.25) is 29.9 Å². The summed E-state index contributed by atoms with van der Waals surface area (Å²) in [5.41, 5.74) is -0.259. The molecule has 0 spiro atoms. The first-order chi connectivity index (χ1) is 14.3. The Morgan fingerprint density at radius 3 is 2.60 bits per heavy atom. The van der Waals surface area contributed by atoms with Gasteiger partial charge in [-0.05, 0) is 43.2 Å². The van der Waals surface area contributed by atoms with Crippen molar-refractivity contribution in [1.82, 2.24) is 10.2 Å². The van der Waals surface area contributed by atoms with Crippen LogP contribution in [0.1, 0.15) is 31.4 Å². The maximum absolute atomic E-state index is 12.8. The molecule has 0 atom stereocenters. The summed E-state index contributed by atoms with van der Waals surface area (Å²) < 4.78 is 5.63. The molecule has 1 aromatic heterocycles. The van der Waals surface area contributed by atoms with Crippen molar-refractivity contribution >= 4 is 41.2 Å². The number of urea groups is 1. The lowest BCUT2D eigenvalue weighted by molar-refractivity contribution is -0.384. The number of benzene rings is 1. The van der Waals surface area contributed by atoms with Crippen LogP contribution in [0.25, 0.3) is 17.4 Å². The zero-order chi connectivity index (χ0) is 21.4. The molecule has 1 aliphatic carbocycles. The zero-order valence-corrected chi connectivity index (χ0v) is 16.3. The van der Waals surface area contributed by atoms with E-state index < -0.39 is 22.8 Å². The molecule has 1 saturated heterocycles. The third-order valence-electron chi connectivity index (χ3n) is 5.16. The van der Waals surface area contributed by atoms with Crippen LogP contribution in [0.2, 0.25) is 5.02 Å². The molecule has 2 aliphatic rings. The standard InChI is InChI=1S/C20H16ClN3O6/c21-11-5-7-14(16(9-11)24(28)29)17-8-6-13(30-17)10-15-18(25)22-20(27)23(19(15)26)12-3-1-2-4-12/h5-10,12H,1-4H2,(H,22,25,27)/b15-10-. The molecule has 0 unspecified atom stereocenters. The van der Waals surface area contributed by atoms with E-state index in [2.05, 4.69) is 5.32 Å². The molecular formula is C20H16ClN3O6. The summed E-state index contributed by atoms with van der Waals surface area (Å²) in [5, 5.41) is 13.7. The molecule has 4 rings (SSSR count). The largest absolute Gasteiger partial charge is 0.456 e. The maximum Gasteiger partial charge on any atom is 0.331 e. The lowest BCUT2D eigenvalue weighted by atomic mass is 10.1. The number of carbonyl (C=O) groups is 3. The highest BCUT2D eigenvalue weighted by Gasteiger charge is 2.40. The van der Waals surface area contributed by atoms with E-state index in [9.17, 15) is 24.5 Å². The van der Waals surface area contributed by atoms with Gasteiger partial charge in [0.15, 0.2) is 0 Å². The highest BCUT2D eigenvalue weighted by atomic mass is 35.5. The van der Waals surface area contributed by atoms with E-state index in [1.165, 1.54) is 36.4 Å². The quantitative estimate of drug-likeness (QED) is 0.340. The number of nitro benzene ring substituents is 1. The number of hydrogen-bond acceptors (Lipinski definition) is 6. The molecular weight excluding hydrogens is 414 g/mol. The minimum atomic E-state index is -0.810. The fraction of sp³-hybridized carbons (Fsp3) is 0.250. The summed E-state index contributed by atoms with van der Waals surface area (Å²) in [4.78, 5) is 49.1. The molecule has 0 bridgehead atoms. The average Bonchev–Trinajstić information content (AvgIpc) is 3.37. The van der Waals surface area contributed by atoms with Gasteiger partial charge in [-0.1, -0.05) is 24.4 Å². The van der Waals surface area contributed by atoms with Crippen LogP contribution in [0.4, 0.5) is 10.5 Å². The number of barbiturate groups is 1. The molecule has 10 heteroatoms. The van der Waals surface area contributed by atoms with Gasteiger partial charge in [0.25, 0.3) is 17.5 Å². The fourth-order valence-electron chi connectivity index (χ4n) is 3.75. The summed E-state index contributed by atoms with van der Waals surface area (Å²) in [7, 11) is 0. The summed E-state index contributed by atoms with van der Waals surface area (Å²) in [6.07, 6.45) is 4.46. The number of furan rings is 1. The molecule has 4 amide bonds. The fourth-order valence-corrected chi connectivity index (χ4v) is 3.91. The molecule has 1 aliphatic heterocycles. The van der Waals surface area contributed by atoms with Crippen LogP contribution in [0, 0.1) is 10.1 Å². The monoisotopic (exact) mass is 429 g/mol. The van der Waals surface area contributed by atoms with Crippen LogP contribution in [-0.2, 0) is 9.59 Å². The van der Waals surface area contributed by atoms with Gasteiger partial charge in [0.05, 0.1) is 10.5 Å². The topological polar surface area (TPSA) is 123 Å². The molecule has 1 aromatic carbocycles. The molecule has 2 aromatic rings. The van der Waals surface area contributed by atoms with E-state index >= 15 is 0 Å². The predicted molar refractivity (Wildman–Crippen MR) is 106 cm³/mol. The van der Waals surface area contributed by atoms with E-state index in [4.69, 9.17) is 16.0 Å². The van der Waals surface area contributed by atoms with Gasteiger partial charge in [-0.25, -0.2) is 4.79 Å². The van der Waals surface area contributed by atoms with Crippen LogP contribution in [-0.4, -0.2) is 33.7 Å². The van der Waals surface area contributed by atoms with Crippen molar-refractivity contribution in [3.8, 4) is 11.3 Å². The number of imide groups is 2. The average molecular weight is 430 g/mol. The second kappa shape index (κ2) is 7.75. The first-order valence-electron chi connectivity index (χ1n) is 9.30. The molecule has 1 N–H and O–H groups in total. The molecule has 154 valence electrons. The Hall–Kier alpha value is -3.46. The van der Waals surface area contributed by atoms with Gasteiger partial charge < -0.3 is 4.42 Å². The molecule has 9 nitrogen and oxygen atoms in total.